The van der Waals surface area contributed by atoms with Crippen LogP contribution in [-0.2, 0) is 6.42 Å². The van der Waals surface area contributed by atoms with Gasteiger partial charge in [0.15, 0.2) is 0 Å². The number of carbonyl (C=O) groups excluding carboxylic acids is 2. The highest BCUT2D eigenvalue weighted by Crippen LogP contribution is 2.27. The first kappa shape index (κ1) is 17.8. The summed E-state index contributed by atoms with van der Waals surface area (Å²) in [7, 11) is 3.46. The summed E-state index contributed by atoms with van der Waals surface area (Å²) >= 11 is 1.64. The molecular formula is C17H27N3O2S. The van der Waals surface area contributed by atoms with Crippen molar-refractivity contribution in [1.29, 1.82) is 0 Å². The van der Waals surface area contributed by atoms with Crippen LogP contribution in [-0.4, -0.2) is 55.0 Å². The maximum Gasteiger partial charge on any atom is 0.317 e. The van der Waals surface area contributed by atoms with Gasteiger partial charge >= 0.3 is 6.03 Å². The lowest BCUT2D eigenvalue weighted by atomic mass is 9.91. The number of hydrogen-bond acceptors (Lipinski definition) is 3. The van der Waals surface area contributed by atoms with Crippen molar-refractivity contribution in [3.63, 3.8) is 0 Å². The van der Waals surface area contributed by atoms with Crippen LogP contribution < -0.4 is 5.32 Å². The molecule has 0 bridgehead atoms. The van der Waals surface area contributed by atoms with Gasteiger partial charge in [0.1, 0.15) is 0 Å². The van der Waals surface area contributed by atoms with E-state index in [-0.39, 0.29) is 23.9 Å². The Morgan fingerprint density at radius 2 is 2.09 bits per heavy atom. The number of hydrogen-bond donors (Lipinski definition) is 1. The molecule has 2 heterocycles. The summed E-state index contributed by atoms with van der Waals surface area (Å²) in [5, 5.41) is 5.00. The zero-order valence-corrected chi connectivity index (χ0v) is 15.4. The average Bonchev–Trinajstić information content (AvgIpc) is 3.13. The van der Waals surface area contributed by atoms with E-state index in [2.05, 4.69) is 26.1 Å². The monoisotopic (exact) mass is 337 g/mol. The van der Waals surface area contributed by atoms with Crippen molar-refractivity contribution in [2.75, 3.05) is 27.2 Å². The van der Waals surface area contributed by atoms with Gasteiger partial charge in [-0.3, -0.25) is 4.79 Å². The van der Waals surface area contributed by atoms with Gasteiger partial charge < -0.3 is 15.1 Å². The largest absolute Gasteiger partial charge is 0.336 e. The van der Waals surface area contributed by atoms with Crippen molar-refractivity contribution in [3.05, 3.63) is 21.9 Å². The third kappa shape index (κ3) is 4.05. The van der Waals surface area contributed by atoms with E-state index in [0.717, 1.165) is 12.0 Å². The maximum absolute atomic E-state index is 12.7. The molecule has 23 heavy (non-hydrogen) atoms. The number of urea groups is 1. The molecule has 2 atom stereocenters. The van der Waals surface area contributed by atoms with E-state index >= 15 is 0 Å². The molecule has 0 aliphatic carbocycles. The molecule has 1 aliphatic rings. The lowest BCUT2D eigenvalue weighted by Gasteiger charge is -2.24. The Labute approximate surface area is 142 Å². The van der Waals surface area contributed by atoms with Crippen LogP contribution in [0.2, 0.25) is 0 Å². The van der Waals surface area contributed by atoms with Gasteiger partial charge in [-0.15, -0.1) is 11.3 Å². The molecule has 1 aromatic heterocycles. The number of nitrogens with one attached hydrogen (secondary N) is 1. The number of likely N-dealkylation sites (tertiary alicyclic amines) is 1. The SMILES string of the molecule is CCc1cc(C(=O)N2C[C@H](NC(=O)N(C)C)[C@@H](C(C)C)C2)cs1. The van der Waals surface area contributed by atoms with E-state index in [1.54, 1.807) is 25.4 Å². The molecule has 0 unspecified atom stereocenters. The quantitative estimate of drug-likeness (QED) is 0.918. The Bertz CT molecular complexity index is 568. The van der Waals surface area contributed by atoms with E-state index < -0.39 is 0 Å². The molecule has 0 saturated carbocycles. The van der Waals surface area contributed by atoms with E-state index in [4.69, 9.17) is 0 Å². The second-order valence-corrected chi connectivity index (χ2v) is 7.72. The van der Waals surface area contributed by atoms with E-state index in [9.17, 15) is 9.59 Å². The summed E-state index contributed by atoms with van der Waals surface area (Å²) in [6.07, 6.45) is 0.952. The number of aryl methyl sites for hydroxylation is 1. The molecule has 0 radical (unpaired) electrons. The molecule has 2 rings (SSSR count). The van der Waals surface area contributed by atoms with Crippen LogP contribution in [0.25, 0.3) is 0 Å². The number of thiophene rings is 1. The highest BCUT2D eigenvalue weighted by Gasteiger charge is 2.38. The summed E-state index contributed by atoms with van der Waals surface area (Å²) in [6.45, 7) is 7.67. The van der Waals surface area contributed by atoms with Crippen LogP contribution in [0, 0.1) is 11.8 Å². The van der Waals surface area contributed by atoms with Crippen molar-refractivity contribution in [3.8, 4) is 0 Å². The van der Waals surface area contributed by atoms with Crippen LogP contribution in [0.3, 0.4) is 0 Å². The molecule has 1 fully saturated rings. The lowest BCUT2D eigenvalue weighted by molar-refractivity contribution is 0.0783. The van der Waals surface area contributed by atoms with Gasteiger partial charge in [0, 0.05) is 43.4 Å². The molecule has 3 amide bonds. The maximum atomic E-state index is 12.7. The second-order valence-electron chi connectivity index (χ2n) is 6.72. The fourth-order valence-electron chi connectivity index (χ4n) is 2.97. The molecule has 5 nitrogen and oxygen atoms in total. The van der Waals surface area contributed by atoms with Crippen LogP contribution in [0.4, 0.5) is 4.79 Å². The Morgan fingerprint density at radius 3 is 2.61 bits per heavy atom. The molecule has 0 aromatic carbocycles. The summed E-state index contributed by atoms with van der Waals surface area (Å²) < 4.78 is 0. The van der Waals surface area contributed by atoms with E-state index in [1.165, 1.54) is 9.78 Å². The van der Waals surface area contributed by atoms with Crippen molar-refractivity contribution in [2.24, 2.45) is 11.8 Å². The summed E-state index contributed by atoms with van der Waals surface area (Å²) in [6, 6.07) is 1.90. The topological polar surface area (TPSA) is 52.7 Å². The molecular weight excluding hydrogens is 310 g/mol. The van der Waals surface area contributed by atoms with Gasteiger partial charge in [-0.25, -0.2) is 4.79 Å². The zero-order chi connectivity index (χ0) is 17.1. The minimum Gasteiger partial charge on any atom is -0.336 e. The van der Waals surface area contributed by atoms with Crippen molar-refractivity contribution < 1.29 is 9.59 Å². The molecule has 0 spiro atoms. The average molecular weight is 337 g/mol. The van der Waals surface area contributed by atoms with Crippen molar-refractivity contribution in [2.45, 2.75) is 33.2 Å². The molecule has 1 saturated heterocycles. The first-order valence-corrected chi connectivity index (χ1v) is 9.06. The van der Waals surface area contributed by atoms with Gasteiger partial charge in [0.25, 0.3) is 5.91 Å². The molecule has 128 valence electrons. The van der Waals surface area contributed by atoms with Gasteiger partial charge in [-0.2, -0.15) is 0 Å². The summed E-state index contributed by atoms with van der Waals surface area (Å²) in [5.74, 6) is 0.772. The smallest absolute Gasteiger partial charge is 0.317 e. The first-order valence-electron chi connectivity index (χ1n) is 8.18. The van der Waals surface area contributed by atoms with Crippen molar-refractivity contribution >= 4 is 23.3 Å². The number of carbonyl (C=O) groups is 2. The van der Waals surface area contributed by atoms with E-state index in [1.807, 2.05) is 16.3 Å². The highest BCUT2D eigenvalue weighted by atomic mass is 32.1. The predicted molar refractivity (Wildman–Crippen MR) is 93.9 cm³/mol. The Balaban J connectivity index is 2.09. The minimum atomic E-state index is -0.0984. The van der Waals surface area contributed by atoms with Crippen LogP contribution in [0.15, 0.2) is 11.4 Å². The van der Waals surface area contributed by atoms with Gasteiger partial charge in [0.05, 0.1) is 11.6 Å². The third-order valence-corrected chi connectivity index (χ3v) is 5.55. The second kappa shape index (κ2) is 7.34. The van der Waals surface area contributed by atoms with Gasteiger partial charge in [0.2, 0.25) is 0 Å². The van der Waals surface area contributed by atoms with Crippen LogP contribution in [0.5, 0.6) is 0 Å². The zero-order valence-electron chi connectivity index (χ0n) is 14.6. The number of nitrogens with zero attached hydrogens (tertiary/aromatic N) is 2. The Morgan fingerprint density at radius 1 is 1.39 bits per heavy atom. The fraction of sp³-hybridized carbons (Fsp3) is 0.647. The summed E-state index contributed by atoms with van der Waals surface area (Å²) in [5.41, 5.74) is 0.772. The summed E-state index contributed by atoms with van der Waals surface area (Å²) in [4.78, 5) is 29.3. The number of amides is 3. The lowest BCUT2D eigenvalue weighted by Crippen LogP contribution is -2.46. The predicted octanol–water partition coefficient (Wildman–Crippen LogP) is 2.68. The van der Waals surface area contributed by atoms with Crippen LogP contribution >= 0.6 is 11.3 Å². The Kier molecular flexibility index (Phi) is 5.68. The first-order chi connectivity index (χ1) is 10.8. The van der Waals surface area contributed by atoms with E-state index in [0.29, 0.717) is 19.0 Å². The van der Waals surface area contributed by atoms with Gasteiger partial charge in [-0.05, 0) is 18.4 Å². The molecule has 1 aliphatic heterocycles. The highest BCUT2D eigenvalue weighted by molar-refractivity contribution is 7.10. The van der Waals surface area contributed by atoms with Crippen molar-refractivity contribution in [1.82, 2.24) is 15.1 Å². The molecule has 1 aromatic rings. The third-order valence-electron chi connectivity index (χ3n) is 4.47. The Hall–Kier alpha value is -1.56. The van der Waals surface area contributed by atoms with Crippen LogP contribution in [0.1, 0.15) is 36.0 Å². The standard InChI is InChI=1S/C17H27N3O2S/c1-6-13-7-12(10-23-13)16(21)20-8-14(11(2)3)15(9-20)18-17(22)19(4)5/h7,10-11,14-15H,6,8-9H2,1-5H3,(H,18,22)/t14-,15+/m1/s1. The molecule has 1 N–H and O–H groups in total. The van der Waals surface area contributed by atoms with Gasteiger partial charge in [-0.1, -0.05) is 20.8 Å². The fourth-order valence-corrected chi connectivity index (χ4v) is 3.78. The number of rotatable bonds is 4. The molecule has 6 heteroatoms. The minimum absolute atomic E-state index is 0.0122. The normalized spacial score (nSPS) is 20.9.